The molecule has 3 heterocycles. The third kappa shape index (κ3) is 7.23. The monoisotopic (exact) mass is 529 g/mol. The number of piperazine rings is 1. The fourth-order valence-electron chi connectivity index (χ4n) is 4.10. The molecule has 2 aliphatic heterocycles. The fourth-order valence-corrected chi connectivity index (χ4v) is 4.10. The highest BCUT2D eigenvalue weighted by atomic mass is 127. The van der Waals surface area contributed by atoms with Crippen LogP contribution >= 0.6 is 24.0 Å². The van der Waals surface area contributed by atoms with Gasteiger partial charge in [0.1, 0.15) is 5.82 Å². The first kappa shape index (κ1) is 25.1. The van der Waals surface area contributed by atoms with E-state index in [1.54, 1.807) is 0 Å². The van der Waals surface area contributed by atoms with Crippen molar-refractivity contribution in [3.8, 4) is 0 Å². The van der Waals surface area contributed by atoms with Crippen LogP contribution in [0.3, 0.4) is 0 Å². The number of likely N-dealkylation sites (tertiary alicyclic amines) is 1. The molecule has 30 heavy (non-hydrogen) atoms. The smallest absolute Gasteiger partial charge is 0.191 e. The normalized spacial score (nSPS) is 19.3. The van der Waals surface area contributed by atoms with E-state index in [2.05, 4.69) is 68.3 Å². The van der Waals surface area contributed by atoms with Crippen molar-refractivity contribution in [2.75, 3.05) is 64.8 Å². The van der Waals surface area contributed by atoms with Crippen molar-refractivity contribution >= 4 is 35.8 Å². The number of nitrogens with one attached hydrogen (secondary N) is 2. The summed E-state index contributed by atoms with van der Waals surface area (Å²) in [6, 6.07) is 4.28. The minimum Gasteiger partial charge on any atom is -0.355 e. The van der Waals surface area contributed by atoms with Gasteiger partial charge in [0.15, 0.2) is 5.96 Å². The Morgan fingerprint density at radius 3 is 2.43 bits per heavy atom. The van der Waals surface area contributed by atoms with Crippen LogP contribution in [-0.4, -0.2) is 86.2 Å². The van der Waals surface area contributed by atoms with Crippen molar-refractivity contribution in [3.63, 3.8) is 0 Å². The zero-order valence-electron chi connectivity index (χ0n) is 19.2. The Bertz CT molecular complexity index is 665. The lowest BCUT2D eigenvalue weighted by atomic mass is 9.98. The predicted octanol–water partition coefficient (Wildman–Crippen LogP) is 2.38. The molecule has 2 N–H and O–H groups in total. The van der Waals surface area contributed by atoms with Crippen LogP contribution in [0, 0.1) is 0 Å². The summed E-state index contributed by atoms with van der Waals surface area (Å²) < 4.78 is 0. The first-order chi connectivity index (χ1) is 14.0. The summed E-state index contributed by atoms with van der Waals surface area (Å²) >= 11 is 0. The van der Waals surface area contributed by atoms with Crippen LogP contribution in [0.25, 0.3) is 0 Å². The second kappa shape index (κ2) is 12.0. The third-order valence-corrected chi connectivity index (χ3v) is 6.22. The number of halogens is 1. The van der Waals surface area contributed by atoms with E-state index in [0.717, 1.165) is 51.0 Å². The molecule has 0 radical (unpaired) electrons. The first-order valence-corrected chi connectivity index (χ1v) is 11.1. The number of hydrogen-bond acceptors (Lipinski definition) is 5. The molecule has 0 saturated carbocycles. The number of pyridine rings is 1. The Labute approximate surface area is 199 Å². The Morgan fingerprint density at radius 1 is 1.07 bits per heavy atom. The average Bonchev–Trinajstić information content (AvgIpc) is 2.75. The summed E-state index contributed by atoms with van der Waals surface area (Å²) in [5.41, 5.74) is 1.36. The van der Waals surface area contributed by atoms with Crippen molar-refractivity contribution in [2.24, 2.45) is 4.99 Å². The van der Waals surface area contributed by atoms with Gasteiger partial charge in [0.2, 0.25) is 0 Å². The molecule has 2 aliphatic rings. The number of aliphatic imine (C=N–C) groups is 1. The second-order valence-electron chi connectivity index (χ2n) is 8.95. The molecular weight excluding hydrogens is 489 g/mol. The van der Waals surface area contributed by atoms with E-state index in [-0.39, 0.29) is 29.5 Å². The van der Waals surface area contributed by atoms with Gasteiger partial charge in [-0.15, -0.1) is 24.0 Å². The quantitative estimate of drug-likeness (QED) is 0.336. The van der Waals surface area contributed by atoms with Crippen LogP contribution < -0.4 is 15.5 Å². The SMILES string of the molecule is CN=C(NCc1ccnc(N2CCN(C)CC2)c1)NCC(C)(C)N1CCCCC1.I. The van der Waals surface area contributed by atoms with Gasteiger partial charge in [-0.2, -0.15) is 0 Å². The fraction of sp³-hybridized carbons (Fsp3) is 0.727. The highest BCUT2D eigenvalue weighted by molar-refractivity contribution is 14.0. The molecule has 0 bridgehead atoms. The van der Waals surface area contributed by atoms with Crippen molar-refractivity contribution in [1.29, 1.82) is 0 Å². The van der Waals surface area contributed by atoms with Gasteiger partial charge in [-0.05, 0) is 64.5 Å². The van der Waals surface area contributed by atoms with Crippen molar-refractivity contribution in [2.45, 2.75) is 45.2 Å². The molecule has 0 aromatic carbocycles. The van der Waals surface area contributed by atoms with Gasteiger partial charge in [-0.25, -0.2) is 4.98 Å². The minimum atomic E-state index is 0. The van der Waals surface area contributed by atoms with Gasteiger partial charge >= 0.3 is 0 Å². The van der Waals surface area contributed by atoms with E-state index >= 15 is 0 Å². The van der Waals surface area contributed by atoms with E-state index in [4.69, 9.17) is 0 Å². The number of hydrogen-bond donors (Lipinski definition) is 2. The van der Waals surface area contributed by atoms with Gasteiger partial charge in [-0.3, -0.25) is 9.89 Å². The van der Waals surface area contributed by atoms with E-state index in [9.17, 15) is 0 Å². The highest BCUT2D eigenvalue weighted by Crippen LogP contribution is 2.20. The van der Waals surface area contributed by atoms with E-state index in [1.165, 1.54) is 37.9 Å². The Morgan fingerprint density at radius 2 is 1.77 bits per heavy atom. The maximum Gasteiger partial charge on any atom is 0.191 e. The largest absolute Gasteiger partial charge is 0.355 e. The number of piperidine rings is 1. The number of rotatable bonds is 6. The third-order valence-electron chi connectivity index (χ3n) is 6.22. The van der Waals surface area contributed by atoms with Crippen LogP contribution in [0.15, 0.2) is 23.3 Å². The van der Waals surface area contributed by atoms with Gasteiger partial charge in [0, 0.05) is 58.1 Å². The predicted molar refractivity (Wildman–Crippen MR) is 137 cm³/mol. The average molecular weight is 530 g/mol. The number of anilines is 1. The van der Waals surface area contributed by atoms with E-state index in [0.29, 0.717) is 0 Å². The molecule has 0 unspecified atom stereocenters. The number of nitrogens with zero attached hydrogens (tertiary/aromatic N) is 5. The van der Waals surface area contributed by atoms with Gasteiger partial charge in [0.05, 0.1) is 0 Å². The van der Waals surface area contributed by atoms with Crippen molar-refractivity contribution in [1.82, 2.24) is 25.4 Å². The maximum atomic E-state index is 4.58. The molecule has 0 atom stereocenters. The zero-order chi connectivity index (χ0) is 20.7. The molecular formula is C22H40IN7. The summed E-state index contributed by atoms with van der Waals surface area (Å²) in [7, 11) is 4.02. The molecule has 7 nitrogen and oxygen atoms in total. The zero-order valence-corrected chi connectivity index (χ0v) is 21.5. The number of likely N-dealkylation sites (N-methyl/N-ethyl adjacent to an activating group) is 1. The Balaban J connectivity index is 0.00000320. The maximum absolute atomic E-state index is 4.58. The lowest BCUT2D eigenvalue weighted by Crippen LogP contribution is -2.54. The van der Waals surface area contributed by atoms with Crippen molar-refractivity contribution < 1.29 is 0 Å². The molecule has 2 saturated heterocycles. The lowest BCUT2D eigenvalue weighted by molar-refractivity contribution is 0.0982. The van der Waals surface area contributed by atoms with Crippen LogP contribution in [0.4, 0.5) is 5.82 Å². The second-order valence-corrected chi connectivity index (χ2v) is 8.95. The molecule has 1 aromatic heterocycles. The summed E-state index contributed by atoms with van der Waals surface area (Å²) in [5.74, 6) is 1.93. The summed E-state index contributed by atoms with van der Waals surface area (Å²) in [5, 5.41) is 6.99. The first-order valence-electron chi connectivity index (χ1n) is 11.1. The van der Waals surface area contributed by atoms with Crippen LogP contribution in [-0.2, 0) is 6.54 Å². The topological polar surface area (TPSA) is 59.0 Å². The Kier molecular flexibility index (Phi) is 10.1. The summed E-state index contributed by atoms with van der Waals surface area (Å²) in [6.07, 6.45) is 5.91. The molecule has 0 spiro atoms. The number of aromatic nitrogens is 1. The summed E-state index contributed by atoms with van der Waals surface area (Å²) in [6.45, 7) is 12.9. The van der Waals surface area contributed by atoms with Gasteiger partial charge in [0.25, 0.3) is 0 Å². The van der Waals surface area contributed by atoms with Crippen LogP contribution in [0.2, 0.25) is 0 Å². The van der Waals surface area contributed by atoms with E-state index in [1.807, 2.05) is 13.2 Å². The van der Waals surface area contributed by atoms with Crippen molar-refractivity contribution in [3.05, 3.63) is 23.9 Å². The van der Waals surface area contributed by atoms with Gasteiger partial charge < -0.3 is 20.4 Å². The minimum absolute atomic E-state index is 0. The molecule has 8 heteroatoms. The molecule has 170 valence electrons. The van der Waals surface area contributed by atoms with Crippen LogP contribution in [0.5, 0.6) is 0 Å². The molecule has 2 fully saturated rings. The molecule has 3 rings (SSSR count). The molecule has 0 amide bonds. The summed E-state index contributed by atoms with van der Waals surface area (Å²) in [4.78, 5) is 16.3. The molecule has 1 aromatic rings. The number of guanidine groups is 1. The highest BCUT2D eigenvalue weighted by Gasteiger charge is 2.27. The lowest BCUT2D eigenvalue weighted by Gasteiger charge is -2.41. The Hall–Kier alpha value is -1.13. The molecule has 0 aliphatic carbocycles. The van der Waals surface area contributed by atoms with E-state index < -0.39 is 0 Å². The van der Waals surface area contributed by atoms with Crippen LogP contribution in [0.1, 0.15) is 38.7 Å². The van der Waals surface area contributed by atoms with Gasteiger partial charge in [-0.1, -0.05) is 6.42 Å². The standard InChI is InChI=1S/C22H39N7.HI/c1-22(2,29-10-6-5-7-11-29)18-26-21(23-3)25-17-19-8-9-24-20(16-19)28-14-12-27(4)13-15-28;/h8-9,16H,5-7,10-15,17-18H2,1-4H3,(H2,23,25,26);1H.